The minimum Gasteiger partial charge on any atom is -0.449 e. The number of hydrogen-bond acceptors (Lipinski definition) is 6. The molecule has 0 spiro atoms. The van der Waals surface area contributed by atoms with E-state index in [-0.39, 0.29) is 30.1 Å². The van der Waals surface area contributed by atoms with Crippen LogP contribution >= 0.6 is 0 Å². The lowest BCUT2D eigenvalue weighted by atomic mass is 9.98. The number of imide groups is 1. The molecule has 1 heterocycles. The van der Waals surface area contributed by atoms with Gasteiger partial charge in [0.15, 0.2) is 0 Å². The highest BCUT2D eigenvalue weighted by Gasteiger charge is 2.39. The molecule has 0 radical (unpaired) electrons. The number of alkyl carbamates (subject to hydrolysis) is 1. The van der Waals surface area contributed by atoms with Gasteiger partial charge in [-0.1, -0.05) is 72.7 Å². The number of rotatable bonds is 7. The summed E-state index contributed by atoms with van der Waals surface area (Å²) in [6.45, 7) is 1.94. The average Bonchev–Trinajstić information content (AvgIpc) is 3.34. The first-order chi connectivity index (χ1) is 17.5. The van der Waals surface area contributed by atoms with E-state index in [1.165, 1.54) is 12.1 Å². The molecule has 0 unspecified atom stereocenters. The normalized spacial score (nSPS) is 14.6. The van der Waals surface area contributed by atoms with Crippen LogP contribution in [0.1, 0.15) is 57.5 Å². The van der Waals surface area contributed by atoms with Gasteiger partial charge in [0.25, 0.3) is 11.8 Å². The number of carbonyl (C=O) groups excluding carboxylic acids is 4. The van der Waals surface area contributed by atoms with Gasteiger partial charge in [0.1, 0.15) is 6.61 Å². The van der Waals surface area contributed by atoms with Gasteiger partial charge in [-0.15, -0.1) is 0 Å². The summed E-state index contributed by atoms with van der Waals surface area (Å²) in [7, 11) is 0. The highest BCUT2D eigenvalue weighted by atomic mass is 16.7. The molecule has 0 bridgehead atoms. The van der Waals surface area contributed by atoms with E-state index in [0.717, 1.165) is 22.3 Å². The van der Waals surface area contributed by atoms with Crippen LogP contribution in [-0.2, 0) is 14.4 Å². The van der Waals surface area contributed by atoms with Crippen molar-refractivity contribution in [1.82, 2.24) is 10.4 Å². The van der Waals surface area contributed by atoms with Gasteiger partial charge in [0.2, 0.25) is 0 Å². The summed E-state index contributed by atoms with van der Waals surface area (Å²) in [6, 6.07) is 21.7. The number of amides is 3. The highest BCUT2D eigenvalue weighted by molar-refractivity contribution is 6.20. The molecule has 1 aliphatic carbocycles. The van der Waals surface area contributed by atoms with Crippen LogP contribution in [0, 0.1) is 0 Å². The SMILES string of the molecule is CC[C@@H](CC(=O)ON1C(=O)c2ccccc2C1=O)NC(=O)OCC1c2ccccc2-c2ccccc21. The van der Waals surface area contributed by atoms with Crippen LogP contribution in [0.5, 0.6) is 0 Å². The minimum atomic E-state index is -0.810. The van der Waals surface area contributed by atoms with E-state index >= 15 is 0 Å². The second kappa shape index (κ2) is 9.65. The summed E-state index contributed by atoms with van der Waals surface area (Å²) in [5.41, 5.74) is 4.82. The van der Waals surface area contributed by atoms with E-state index in [1.54, 1.807) is 19.1 Å². The molecule has 3 aromatic carbocycles. The molecule has 0 fully saturated rings. The van der Waals surface area contributed by atoms with Crippen LogP contribution in [0.2, 0.25) is 0 Å². The van der Waals surface area contributed by atoms with E-state index in [0.29, 0.717) is 11.5 Å². The zero-order chi connectivity index (χ0) is 25.2. The van der Waals surface area contributed by atoms with Crippen LogP contribution in [0.25, 0.3) is 11.1 Å². The van der Waals surface area contributed by atoms with E-state index < -0.39 is 29.9 Å². The predicted molar refractivity (Wildman–Crippen MR) is 130 cm³/mol. The van der Waals surface area contributed by atoms with Crippen LogP contribution in [0.3, 0.4) is 0 Å². The summed E-state index contributed by atoms with van der Waals surface area (Å²) >= 11 is 0. The number of nitrogens with one attached hydrogen (secondary N) is 1. The van der Waals surface area contributed by atoms with Crippen LogP contribution in [0.4, 0.5) is 4.79 Å². The fraction of sp³-hybridized carbons (Fsp3) is 0.214. The van der Waals surface area contributed by atoms with E-state index in [2.05, 4.69) is 17.4 Å². The smallest absolute Gasteiger partial charge is 0.407 e. The van der Waals surface area contributed by atoms with Crippen molar-refractivity contribution in [1.29, 1.82) is 0 Å². The lowest BCUT2D eigenvalue weighted by Gasteiger charge is -2.19. The topological polar surface area (TPSA) is 102 Å². The Morgan fingerprint density at radius 2 is 1.33 bits per heavy atom. The summed E-state index contributed by atoms with van der Waals surface area (Å²) in [6.07, 6.45) is -0.465. The lowest BCUT2D eigenvalue weighted by Crippen LogP contribution is -2.39. The molecule has 0 saturated heterocycles. The van der Waals surface area contributed by atoms with Crippen molar-refractivity contribution in [3.05, 3.63) is 95.1 Å². The number of hydroxylamine groups is 2. The highest BCUT2D eigenvalue weighted by Crippen LogP contribution is 2.44. The van der Waals surface area contributed by atoms with Crippen LogP contribution in [0.15, 0.2) is 72.8 Å². The lowest BCUT2D eigenvalue weighted by molar-refractivity contribution is -0.169. The Balaban J connectivity index is 1.17. The van der Waals surface area contributed by atoms with Gasteiger partial charge >= 0.3 is 12.1 Å². The standard InChI is InChI=1S/C28H24N2O6/c1-2-17(15-25(31)36-30-26(32)22-13-7-8-14-23(22)27(30)33)29-28(34)35-16-24-20-11-5-3-9-18(20)19-10-4-6-12-21(19)24/h3-14,17,24H,2,15-16H2,1H3,(H,29,34)/t17-/m0/s1. The monoisotopic (exact) mass is 484 g/mol. The molecule has 8 nitrogen and oxygen atoms in total. The second-order valence-electron chi connectivity index (χ2n) is 8.69. The number of nitrogens with zero attached hydrogens (tertiary/aromatic N) is 1. The van der Waals surface area contributed by atoms with Gasteiger partial charge in [-0.3, -0.25) is 9.59 Å². The Hall–Kier alpha value is -4.46. The molecule has 182 valence electrons. The van der Waals surface area contributed by atoms with E-state index in [1.807, 2.05) is 36.4 Å². The Labute approximate surface area is 207 Å². The quantitative estimate of drug-likeness (QED) is 0.497. The first-order valence-corrected chi connectivity index (χ1v) is 11.8. The summed E-state index contributed by atoms with van der Waals surface area (Å²) in [5, 5.41) is 3.15. The zero-order valence-corrected chi connectivity index (χ0v) is 19.6. The molecule has 1 aliphatic heterocycles. The Morgan fingerprint density at radius 3 is 1.86 bits per heavy atom. The van der Waals surface area contributed by atoms with Crippen molar-refractivity contribution in [2.24, 2.45) is 0 Å². The molecule has 36 heavy (non-hydrogen) atoms. The molecular weight excluding hydrogens is 460 g/mol. The second-order valence-corrected chi connectivity index (χ2v) is 8.69. The van der Waals surface area contributed by atoms with Gasteiger partial charge in [-0.2, -0.15) is 0 Å². The van der Waals surface area contributed by atoms with Gasteiger partial charge in [-0.05, 0) is 40.8 Å². The molecular formula is C28H24N2O6. The predicted octanol–water partition coefficient (Wildman–Crippen LogP) is 4.45. The van der Waals surface area contributed by atoms with Crippen molar-refractivity contribution in [3.8, 4) is 11.1 Å². The van der Waals surface area contributed by atoms with E-state index in [9.17, 15) is 19.2 Å². The van der Waals surface area contributed by atoms with E-state index in [4.69, 9.17) is 9.57 Å². The molecule has 1 N–H and O–H groups in total. The third-order valence-corrected chi connectivity index (χ3v) is 6.52. The van der Waals surface area contributed by atoms with Crippen molar-refractivity contribution in [2.45, 2.75) is 31.7 Å². The Morgan fingerprint density at radius 1 is 0.833 bits per heavy atom. The Bertz CT molecular complexity index is 1290. The fourth-order valence-electron chi connectivity index (χ4n) is 4.69. The summed E-state index contributed by atoms with van der Waals surface area (Å²) < 4.78 is 5.54. The average molecular weight is 485 g/mol. The van der Waals surface area contributed by atoms with Crippen molar-refractivity contribution in [2.75, 3.05) is 6.61 Å². The van der Waals surface area contributed by atoms with Crippen LogP contribution in [-0.4, -0.2) is 41.6 Å². The maximum absolute atomic E-state index is 12.6. The van der Waals surface area contributed by atoms with Gasteiger partial charge in [0.05, 0.1) is 17.5 Å². The van der Waals surface area contributed by atoms with Crippen molar-refractivity contribution >= 4 is 23.9 Å². The van der Waals surface area contributed by atoms with Gasteiger partial charge < -0.3 is 14.9 Å². The Kier molecular flexibility index (Phi) is 6.25. The number of hydrogen-bond donors (Lipinski definition) is 1. The summed E-state index contributed by atoms with van der Waals surface area (Å²) in [5.74, 6) is -2.28. The first kappa shape index (κ1) is 23.3. The molecule has 2 aliphatic rings. The van der Waals surface area contributed by atoms with Crippen molar-refractivity contribution < 1.29 is 28.8 Å². The summed E-state index contributed by atoms with van der Waals surface area (Å²) in [4.78, 5) is 54.9. The van der Waals surface area contributed by atoms with Crippen LogP contribution < -0.4 is 5.32 Å². The van der Waals surface area contributed by atoms with Gasteiger partial charge in [-0.25, -0.2) is 9.59 Å². The number of carbonyl (C=O) groups is 4. The first-order valence-electron chi connectivity index (χ1n) is 11.8. The molecule has 8 heteroatoms. The zero-order valence-electron chi connectivity index (χ0n) is 19.6. The number of ether oxygens (including phenoxy) is 1. The largest absolute Gasteiger partial charge is 0.449 e. The molecule has 0 saturated carbocycles. The number of benzene rings is 3. The fourth-order valence-corrected chi connectivity index (χ4v) is 4.69. The molecule has 5 rings (SSSR count). The molecule has 3 amide bonds. The van der Waals surface area contributed by atoms with Gasteiger partial charge in [0, 0.05) is 12.0 Å². The molecule has 1 atom stereocenters. The maximum Gasteiger partial charge on any atom is 0.407 e. The third-order valence-electron chi connectivity index (χ3n) is 6.52. The van der Waals surface area contributed by atoms with Crippen molar-refractivity contribution in [3.63, 3.8) is 0 Å². The minimum absolute atomic E-state index is 0.0815. The molecule has 3 aromatic rings. The number of fused-ring (bicyclic) bond motifs is 4. The molecule has 0 aromatic heterocycles. The third kappa shape index (κ3) is 4.22. The maximum atomic E-state index is 12.6.